The van der Waals surface area contributed by atoms with Crippen LogP contribution < -0.4 is 6.15 Å². The van der Waals surface area contributed by atoms with Crippen LogP contribution in [0.4, 0.5) is 0 Å². The average molecular weight is 421 g/mol. The van der Waals surface area contributed by atoms with Crippen LogP contribution in [0.1, 0.15) is 0 Å². The number of thiophene rings is 4. The van der Waals surface area contributed by atoms with Crippen LogP contribution >= 0.6 is 45.3 Å². The first-order valence-corrected chi connectivity index (χ1v) is 11.8. The van der Waals surface area contributed by atoms with E-state index < -0.39 is 0 Å². The molecular weight excluding hydrogens is 405 g/mol. The van der Waals surface area contributed by atoms with Gasteiger partial charge in [-0.2, -0.15) is 0 Å². The molecule has 0 fully saturated rings. The van der Waals surface area contributed by atoms with E-state index in [1.807, 2.05) is 45.3 Å². The fourth-order valence-corrected chi connectivity index (χ4v) is 6.33. The summed E-state index contributed by atoms with van der Waals surface area (Å²) in [5.74, 6) is 2.30. The van der Waals surface area contributed by atoms with Crippen molar-refractivity contribution < 1.29 is 0 Å². The third-order valence-electron chi connectivity index (χ3n) is 4.31. The molecule has 0 aromatic carbocycles. The van der Waals surface area contributed by atoms with E-state index in [0.29, 0.717) is 0 Å². The van der Waals surface area contributed by atoms with Gasteiger partial charge in [-0.3, -0.25) is 0 Å². The van der Waals surface area contributed by atoms with E-state index in [1.54, 1.807) is 0 Å². The van der Waals surface area contributed by atoms with Gasteiger partial charge in [0, 0.05) is 0 Å². The molecule has 132 valence electrons. The van der Waals surface area contributed by atoms with Crippen LogP contribution in [0.3, 0.4) is 0 Å². The van der Waals surface area contributed by atoms with Crippen molar-refractivity contribution >= 4 is 52.3 Å². The van der Waals surface area contributed by atoms with Crippen LogP contribution in [0.5, 0.6) is 0 Å². The molecule has 6 heteroatoms. The summed E-state index contributed by atoms with van der Waals surface area (Å²) in [6.07, 6.45) is 0. The molecule has 0 amide bonds. The normalized spacial score (nSPS) is 10.5. The first kappa shape index (κ1) is 18.5. The Morgan fingerprint density at radius 1 is 0.556 bits per heavy atom. The minimum absolute atomic E-state index is 0. The fourth-order valence-electron chi connectivity index (χ4n) is 3.23. The first-order chi connectivity index (χ1) is 12.9. The van der Waals surface area contributed by atoms with Gasteiger partial charge in [0.05, 0.1) is 0 Å². The Kier molecular flexibility index (Phi) is 5.52. The third kappa shape index (κ3) is 3.39. The van der Waals surface area contributed by atoms with E-state index >= 15 is 0 Å². The summed E-state index contributed by atoms with van der Waals surface area (Å²) in [6.45, 7) is 2.30. The second-order valence-corrected chi connectivity index (χ2v) is 9.61. The van der Waals surface area contributed by atoms with Gasteiger partial charge in [0.25, 0.3) is 0 Å². The van der Waals surface area contributed by atoms with E-state index in [4.69, 9.17) is 0 Å². The number of hydrogen-bond donors (Lipinski definition) is 1. The summed E-state index contributed by atoms with van der Waals surface area (Å²) in [7, 11) is 0. The second-order valence-electron chi connectivity index (χ2n) is 5.82. The van der Waals surface area contributed by atoms with E-state index in [9.17, 15) is 0 Å². The molecule has 0 spiro atoms. The summed E-state index contributed by atoms with van der Waals surface area (Å²) >= 11 is 7.25. The van der Waals surface area contributed by atoms with Gasteiger partial charge in [-0.15, -0.1) is 0 Å². The summed E-state index contributed by atoms with van der Waals surface area (Å²) in [6, 6.07) is 17.5. The average Bonchev–Trinajstić information content (AvgIpc) is 3.49. The number of hydrogen-bond acceptors (Lipinski definition) is 5. The van der Waals surface area contributed by atoms with Gasteiger partial charge in [0.15, 0.2) is 0 Å². The van der Waals surface area contributed by atoms with Gasteiger partial charge in [0.1, 0.15) is 0 Å². The third-order valence-corrected chi connectivity index (χ3v) is 7.89. The summed E-state index contributed by atoms with van der Waals surface area (Å²) in [5, 5.41) is 8.66. The Hall–Kier alpha value is -1.83. The monoisotopic (exact) mass is 421 g/mol. The standard InChI is InChI=1S/C21H13BS4.H3N/c1-5-15(23-9-1)14-13-22-21(18-8-4-12-26-18)20(17-7-3-11-25-17)19(14)16-6-2-10-24-16;/h1-13H;1H3. The zero-order valence-electron chi connectivity index (χ0n) is 14.4. The topological polar surface area (TPSA) is 35.0 Å². The van der Waals surface area contributed by atoms with Gasteiger partial charge in [0.2, 0.25) is 0 Å². The molecule has 0 bridgehead atoms. The van der Waals surface area contributed by atoms with Gasteiger partial charge < -0.3 is 6.15 Å². The number of rotatable bonds is 4. The summed E-state index contributed by atoms with van der Waals surface area (Å²) < 4.78 is 0. The molecule has 0 aliphatic rings. The van der Waals surface area contributed by atoms with E-state index in [2.05, 4.69) is 82.9 Å². The summed E-state index contributed by atoms with van der Waals surface area (Å²) in [4.78, 5) is 5.30. The van der Waals surface area contributed by atoms with Crippen LogP contribution in [-0.4, -0.2) is 6.91 Å². The maximum atomic E-state index is 2.30. The molecular formula is C21H16BNS4. The Labute approximate surface area is 175 Å². The molecule has 0 aliphatic heterocycles. The van der Waals surface area contributed by atoms with E-state index in [1.165, 1.54) is 41.7 Å². The van der Waals surface area contributed by atoms with Crippen LogP contribution in [0, 0.1) is 0 Å². The molecule has 5 heterocycles. The zero-order chi connectivity index (χ0) is 17.3. The van der Waals surface area contributed by atoms with Crippen LogP contribution in [0.15, 0.2) is 76.0 Å². The van der Waals surface area contributed by atoms with Gasteiger partial charge in [-0.1, -0.05) is 0 Å². The molecule has 0 aliphatic carbocycles. The maximum absolute atomic E-state index is 2.30. The second kappa shape index (κ2) is 8.04. The fraction of sp³-hybridized carbons (Fsp3) is 0. The molecule has 0 unspecified atom stereocenters. The minimum atomic E-state index is 0. The molecule has 0 radical (unpaired) electrons. The van der Waals surface area contributed by atoms with Gasteiger partial charge >= 0.3 is 170 Å². The molecule has 27 heavy (non-hydrogen) atoms. The van der Waals surface area contributed by atoms with Crippen LogP contribution in [-0.2, 0) is 0 Å². The predicted octanol–water partition coefficient (Wildman–Crippen LogP) is 8.10. The molecule has 5 rings (SSSR count). The van der Waals surface area contributed by atoms with Crippen LogP contribution in [0.25, 0.3) is 41.7 Å². The van der Waals surface area contributed by atoms with Crippen molar-refractivity contribution in [2.24, 2.45) is 0 Å². The SMILES string of the molecule is N.b1cc(-c2cccs2)c(-c2cccs2)c(-c2cccs2)c1-c1cccs1. The molecule has 0 atom stereocenters. The zero-order valence-corrected chi connectivity index (χ0v) is 17.7. The molecule has 5 aromatic rings. The van der Waals surface area contributed by atoms with E-state index in [-0.39, 0.29) is 6.15 Å². The van der Waals surface area contributed by atoms with Crippen molar-refractivity contribution in [1.29, 1.82) is 0 Å². The predicted molar refractivity (Wildman–Crippen MR) is 126 cm³/mol. The molecule has 0 saturated carbocycles. The summed E-state index contributed by atoms with van der Waals surface area (Å²) in [5.41, 5.74) is 5.36. The van der Waals surface area contributed by atoms with Crippen molar-refractivity contribution in [3.05, 3.63) is 76.0 Å². The Morgan fingerprint density at radius 2 is 1.04 bits per heavy atom. The van der Waals surface area contributed by atoms with Crippen molar-refractivity contribution in [2.75, 3.05) is 0 Å². The Balaban J connectivity index is 0.00000180. The van der Waals surface area contributed by atoms with Crippen molar-refractivity contribution in [3.8, 4) is 41.7 Å². The molecule has 0 saturated heterocycles. The molecule has 3 N–H and O–H groups in total. The quantitative estimate of drug-likeness (QED) is 0.313. The van der Waals surface area contributed by atoms with Gasteiger partial charge in [-0.25, -0.2) is 0 Å². The van der Waals surface area contributed by atoms with Gasteiger partial charge in [-0.05, 0) is 0 Å². The van der Waals surface area contributed by atoms with Crippen molar-refractivity contribution in [1.82, 2.24) is 6.15 Å². The Bertz CT molecular complexity index is 1020. The van der Waals surface area contributed by atoms with Crippen molar-refractivity contribution in [3.63, 3.8) is 0 Å². The van der Waals surface area contributed by atoms with Crippen molar-refractivity contribution in [2.45, 2.75) is 0 Å². The molecule has 5 aromatic heterocycles. The molecule has 1 nitrogen and oxygen atoms in total. The Morgan fingerprint density at radius 3 is 1.56 bits per heavy atom. The first-order valence-electron chi connectivity index (χ1n) is 8.24. The van der Waals surface area contributed by atoms with E-state index in [0.717, 1.165) is 0 Å². The van der Waals surface area contributed by atoms with Crippen LogP contribution in [0.2, 0.25) is 0 Å².